The van der Waals surface area contributed by atoms with Crippen LogP contribution in [0.1, 0.15) is 5.56 Å². The number of aromatic nitrogens is 2. The quantitative estimate of drug-likeness (QED) is 0.723. The van der Waals surface area contributed by atoms with Crippen molar-refractivity contribution in [2.24, 2.45) is 0 Å². The van der Waals surface area contributed by atoms with Gasteiger partial charge in [-0.1, -0.05) is 18.2 Å². The minimum Gasteiger partial charge on any atom is -0.383 e. The fraction of sp³-hybridized carbons (Fsp3) is 0.167. The van der Waals surface area contributed by atoms with Crippen molar-refractivity contribution in [2.45, 2.75) is 16.6 Å². The van der Waals surface area contributed by atoms with Gasteiger partial charge >= 0.3 is 0 Å². The Kier molecular flexibility index (Phi) is 4.01. The van der Waals surface area contributed by atoms with Crippen molar-refractivity contribution in [1.82, 2.24) is 15.3 Å². The van der Waals surface area contributed by atoms with E-state index in [-0.39, 0.29) is 0 Å². The van der Waals surface area contributed by atoms with Crippen molar-refractivity contribution in [1.29, 1.82) is 0 Å². The first kappa shape index (κ1) is 12.7. The topological polar surface area (TPSA) is 89.8 Å². The van der Waals surface area contributed by atoms with Gasteiger partial charge in [-0.05, 0) is 30.4 Å². The Morgan fingerprint density at radius 1 is 1.17 bits per heavy atom. The van der Waals surface area contributed by atoms with Gasteiger partial charge in [-0.15, -0.1) is 0 Å². The monoisotopic (exact) mass is 261 g/mol. The number of benzene rings is 1. The SMILES string of the molecule is CNCc1ccccc1Sc1nc(N)cc(N)n1. The zero-order valence-electron chi connectivity index (χ0n) is 10.1. The molecule has 2 rings (SSSR count). The summed E-state index contributed by atoms with van der Waals surface area (Å²) in [6, 6.07) is 9.63. The summed E-state index contributed by atoms with van der Waals surface area (Å²) in [5, 5.41) is 3.70. The number of nitrogens with two attached hydrogens (primary N) is 2. The van der Waals surface area contributed by atoms with Gasteiger partial charge in [0.1, 0.15) is 11.6 Å². The van der Waals surface area contributed by atoms with Crippen molar-refractivity contribution in [3.63, 3.8) is 0 Å². The largest absolute Gasteiger partial charge is 0.383 e. The Labute approximate surface area is 110 Å². The van der Waals surface area contributed by atoms with E-state index >= 15 is 0 Å². The number of anilines is 2. The van der Waals surface area contributed by atoms with E-state index in [1.165, 1.54) is 17.3 Å². The lowest BCUT2D eigenvalue weighted by Crippen LogP contribution is -2.06. The zero-order valence-corrected chi connectivity index (χ0v) is 10.9. The van der Waals surface area contributed by atoms with E-state index in [2.05, 4.69) is 21.4 Å². The second kappa shape index (κ2) is 5.70. The van der Waals surface area contributed by atoms with Gasteiger partial charge in [-0.25, -0.2) is 9.97 Å². The molecule has 94 valence electrons. The maximum atomic E-state index is 5.65. The first-order chi connectivity index (χ1) is 8.69. The molecule has 1 aromatic carbocycles. The lowest BCUT2D eigenvalue weighted by Gasteiger charge is -2.08. The summed E-state index contributed by atoms with van der Waals surface area (Å²) >= 11 is 1.46. The first-order valence-electron chi connectivity index (χ1n) is 5.49. The van der Waals surface area contributed by atoms with Crippen LogP contribution in [0.3, 0.4) is 0 Å². The molecule has 0 radical (unpaired) electrons. The standard InChI is InChI=1S/C12H15N5S/c1-15-7-8-4-2-3-5-9(8)18-12-16-10(13)6-11(14)17-12/h2-6,15H,7H2,1H3,(H4,13,14,16,17). The molecule has 5 N–H and O–H groups in total. The molecule has 0 aliphatic heterocycles. The van der Waals surface area contributed by atoms with E-state index in [0.29, 0.717) is 16.8 Å². The molecule has 0 spiro atoms. The highest BCUT2D eigenvalue weighted by Gasteiger charge is 2.07. The van der Waals surface area contributed by atoms with E-state index in [4.69, 9.17) is 11.5 Å². The van der Waals surface area contributed by atoms with Crippen LogP contribution in [0.25, 0.3) is 0 Å². The Morgan fingerprint density at radius 3 is 2.50 bits per heavy atom. The molecule has 0 aliphatic rings. The number of nitrogens with zero attached hydrogens (tertiary/aromatic N) is 2. The maximum absolute atomic E-state index is 5.65. The van der Waals surface area contributed by atoms with E-state index in [1.807, 2.05) is 25.2 Å². The maximum Gasteiger partial charge on any atom is 0.196 e. The van der Waals surface area contributed by atoms with Crippen LogP contribution in [0.15, 0.2) is 40.4 Å². The molecule has 0 saturated carbocycles. The zero-order chi connectivity index (χ0) is 13.0. The van der Waals surface area contributed by atoms with Gasteiger partial charge in [-0.2, -0.15) is 0 Å². The van der Waals surface area contributed by atoms with Crippen molar-refractivity contribution < 1.29 is 0 Å². The predicted molar refractivity (Wildman–Crippen MR) is 74.2 cm³/mol. The third-order valence-corrected chi connectivity index (χ3v) is 3.27. The van der Waals surface area contributed by atoms with Gasteiger partial charge in [0.25, 0.3) is 0 Å². The van der Waals surface area contributed by atoms with Crippen LogP contribution in [0.2, 0.25) is 0 Å². The molecular formula is C12H15N5S. The molecule has 5 nitrogen and oxygen atoms in total. The smallest absolute Gasteiger partial charge is 0.196 e. The number of nitrogen functional groups attached to an aromatic ring is 2. The molecule has 0 bridgehead atoms. The average molecular weight is 261 g/mol. The number of hydrogen-bond acceptors (Lipinski definition) is 6. The summed E-state index contributed by atoms with van der Waals surface area (Å²) < 4.78 is 0. The van der Waals surface area contributed by atoms with Crippen LogP contribution in [-0.4, -0.2) is 17.0 Å². The first-order valence-corrected chi connectivity index (χ1v) is 6.31. The number of nitrogens with one attached hydrogen (secondary N) is 1. The summed E-state index contributed by atoms with van der Waals surface area (Å²) in [4.78, 5) is 9.41. The second-order valence-corrected chi connectivity index (χ2v) is 4.75. The van der Waals surface area contributed by atoms with Crippen LogP contribution in [-0.2, 0) is 6.54 Å². The van der Waals surface area contributed by atoms with Gasteiger partial charge < -0.3 is 16.8 Å². The normalized spacial score (nSPS) is 10.5. The summed E-state index contributed by atoms with van der Waals surface area (Å²) in [5.74, 6) is 0.771. The van der Waals surface area contributed by atoms with Crippen molar-refractivity contribution in [2.75, 3.05) is 18.5 Å². The minimum atomic E-state index is 0.385. The van der Waals surface area contributed by atoms with Crippen molar-refractivity contribution >= 4 is 23.4 Å². The van der Waals surface area contributed by atoms with Crippen LogP contribution in [0.5, 0.6) is 0 Å². The molecule has 0 atom stereocenters. The summed E-state index contributed by atoms with van der Waals surface area (Å²) in [6.07, 6.45) is 0. The van der Waals surface area contributed by atoms with Crippen LogP contribution in [0, 0.1) is 0 Å². The Hall–Kier alpha value is -1.79. The van der Waals surface area contributed by atoms with Gasteiger partial charge in [-0.3, -0.25) is 0 Å². The second-order valence-electron chi connectivity index (χ2n) is 3.74. The molecular weight excluding hydrogens is 246 g/mol. The highest BCUT2D eigenvalue weighted by Crippen LogP contribution is 2.28. The van der Waals surface area contributed by atoms with Crippen LogP contribution < -0.4 is 16.8 Å². The highest BCUT2D eigenvalue weighted by atomic mass is 32.2. The van der Waals surface area contributed by atoms with E-state index in [0.717, 1.165) is 11.4 Å². The van der Waals surface area contributed by atoms with Crippen LogP contribution >= 0.6 is 11.8 Å². The van der Waals surface area contributed by atoms with Crippen molar-refractivity contribution in [3.8, 4) is 0 Å². The molecule has 18 heavy (non-hydrogen) atoms. The van der Waals surface area contributed by atoms with E-state index < -0.39 is 0 Å². The molecule has 1 heterocycles. The van der Waals surface area contributed by atoms with Crippen molar-refractivity contribution in [3.05, 3.63) is 35.9 Å². The summed E-state index contributed by atoms with van der Waals surface area (Å²) in [6.45, 7) is 0.793. The summed E-state index contributed by atoms with van der Waals surface area (Å²) in [5.41, 5.74) is 12.5. The molecule has 1 aromatic heterocycles. The van der Waals surface area contributed by atoms with Gasteiger partial charge in [0.05, 0.1) is 0 Å². The summed E-state index contributed by atoms with van der Waals surface area (Å²) in [7, 11) is 1.91. The Balaban J connectivity index is 2.27. The molecule has 6 heteroatoms. The fourth-order valence-corrected chi connectivity index (χ4v) is 2.46. The molecule has 0 unspecified atom stereocenters. The van der Waals surface area contributed by atoms with E-state index in [9.17, 15) is 0 Å². The third-order valence-electron chi connectivity index (χ3n) is 2.29. The fourth-order valence-electron chi connectivity index (χ4n) is 1.55. The number of hydrogen-bond donors (Lipinski definition) is 3. The molecule has 0 aliphatic carbocycles. The number of rotatable bonds is 4. The van der Waals surface area contributed by atoms with Crippen LogP contribution in [0.4, 0.5) is 11.6 Å². The lowest BCUT2D eigenvalue weighted by molar-refractivity contribution is 0.802. The molecule has 2 aromatic rings. The van der Waals surface area contributed by atoms with Gasteiger partial charge in [0, 0.05) is 17.5 Å². The minimum absolute atomic E-state index is 0.385. The van der Waals surface area contributed by atoms with Gasteiger partial charge in [0.2, 0.25) is 0 Å². The lowest BCUT2D eigenvalue weighted by atomic mass is 10.2. The van der Waals surface area contributed by atoms with E-state index in [1.54, 1.807) is 6.07 Å². The highest BCUT2D eigenvalue weighted by molar-refractivity contribution is 7.99. The average Bonchev–Trinajstić information content (AvgIpc) is 2.30. The Bertz CT molecular complexity index is 523. The molecule has 0 fully saturated rings. The molecule has 0 amide bonds. The third kappa shape index (κ3) is 3.12. The van der Waals surface area contributed by atoms with Gasteiger partial charge in [0.15, 0.2) is 5.16 Å². The predicted octanol–water partition coefficient (Wildman–Crippen LogP) is 1.51. The molecule has 0 saturated heterocycles. The Morgan fingerprint density at radius 2 is 1.83 bits per heavy atom.